The Morgan fingerprint density at radius 2 is 1.83 bits per heavy atom. The zero-order chi connectivity index (χ0) is 24.3. The molecule has 7 heteroatoms. The Hall–Kier alpha value is -3.45. The highest BCUT2D eigenvalue weighted by molar-refractivity contribution is 5.92. The molecule has 3 aromatic rings. The van der Waals surface area contributed by atoms with Gasteiger partial charge >= 0.3 is 0 Å². The lowest BCUT2D eigenvalue weighted by molar-refractivity contribution is -0.129. The van der Waals surface area contributed by atoms with E-state index in [0.717, 1.165) is 81.2 Å². The highest BCUT2D eigenvalue weighted by atomic mass is 16.7. The van der Waals surface area contributed by atoms with E-state index >= 15 is 0 Å². The number of ether oxygens (including phenoxy) is 2. The minimum Gasteiger partial charge on any atom is -0.462 e. The van der Waals surface area contributed by atoms with E-state index in [4.69, 9.17) is 13.9 Å². The number of piperidine rings is 1. The summed E-state index contributed by atoms with van der Waals surface area (Å²) in [5.41, 5.74) is 3.09. The first-order valence-corrected chi connectivity index (χ1v) is 13.1. The van der Waals surface area contributed by atoms with Crippen molar-refractivity contribution in [2.45, 2.75) is 31.7 Å². The molecule has 0 unspecified atom stereocenters. The number of benzene rings is 2. The minimum atomic E-state index is 0.106. The SMILES string of the molecule is O=C(/C=C/c1ccc2c(c1)OCO2)N1CCCC[C@H]1CCN1CCN(c2coc3ccccc23)CC1. The lowest BCUT2D eigenvalue weighted by atomic mass is 9.98. The van der Waals surface area contributed by atoms with E-state index in [1.807, 2.05) is 42.7 Å². The van der Waals surface area contributed by atoms with Gasteiger partial charge in [-0.3, -0.25) is 9.69 Å². The molecule has 0 spiro atoms. The Labute approximate surface area is 211 Å². The number of carbonyl (C=O) groups excluding carboxylic acids is 1. The highest BCUT2D eigenvalue weighted by Crippen LogP contribution is 2.33. The first-order valence-electron chi connectivity index (χ1n) is 13.1. The third kappa shape index (κ3) is 4.80. The van der Waals surface area contributed by atoms with Gasteiger partial charge in [0.15, 0.2) is 11.5 Å². The summed E-state index contributed by atoms with van der Waals surface area (Å²) in [6.45, 7) is 6.18. The Balaban J connectivity index is 1.02. The summed E-state index contributed by atoms with van der Waals surface area (Å²) in [4.78, 5) is 20.2. The van der Waals surface area contributed by atoms with Crippen LogP contribution in [-0.2, 0) is 4.79 Å². The average Bonchev–Trinajstić information content (AvgIpc) is 3.58. The second kappa shape index (κ2) is 10.3. The van der Waals surface area contributed by atoms with Gasteiger partial charge in [-0.1, -0.05) is 18.2 Å². The van der Waals surface area contributed by atoms with Crippen molar-refractivity contribution < 1.29 is 18.7 Å². The maximum atomic E-state index is 13.1. The predicted molar refractivity (Wildman–Crippen MR) is 140 cm³/mol. The van der Waals surface area contributed by atoms with Crippen molar-refractivity contribution in [3.05, 3.63) is 60.4 Å². The van der Waals surface area contributed by atoms with E-state index in [9.17, 15) is 4.79 Å². The normalized spacial score (nSPS) is 20.5. The number of hydrogen-bond donors (Lipinski definition) is 0. The number of rotatable bonds is 6. The Morgan fingerprint density at radius 3 is 2.75 bits per heavy atom. The van der Waals surface area contributed by atoms with Crippen molar-refractivity contribution in [3.8, 4) is 11.5 Å². The van der Waals surface area contributed by atoms with Crippen molar-refractivity contribution in [3.63, 3.8) is 0 Å². The molecule has 1 aromatic heterocycles. The van der Waals surface area contributed by atoms with Crippen LogP contribution >= 0.6 is 0 Å². The lowest BCUT2D eigenvalue weighted by Gasteiger charge is -2.39. The van der Waals surface area contributed by atoms with Crippen LogP contribution in [0.4, 0.5) is 5.69 Å². The number of furan rings is 1. The third-order valence-corrected chi connectivity index (χ3v) is 7.68. The molecule has 4 heterocycles. The van der Waals surface area contributed by atoms with Crippen LogP contribution in [0.1, 0.15) is 31.2 Å². The fourth-order valence-electron chi connectivity index (χ4n) is 5.62. The van der Waals surface area contributed by atoms with Gasteiger partial charge in [0, 0.05) is 56.8 Å². The lowest BCUT2D eigenvalue weighted by Crippen LogP contribution is -2.49. The van der Waals surface area contributed by atoms with Crippen molar-refractivity contribution in [2.24, 2.45) is 0 Å². The maximum absolute atomic E-state index is 13.1. The van der Waals surface area contributed by atoms with Gasteiger partial charge < -0.3 is 23.7 Å². The molecule has 188 valence electrons. The number of fused-ring (bicyclic) bond motifs is 2. The molecular formula is C29H33N3O4. The van der Waals surface area contributed by atoms with Gasteiger partial charge in [0.25, 0.3) is 0 Å². The van der Waals surface area contributed by atoms with E-state index in [1.54, 1.807) is 6.08 Å². The summed E-state index contributed by atoms with van der Waals surface area (Å²) in [6, 6.07) is 14.3. The molecule has 1 atom stereocenters. The number of amides is 1. The summed E-state index contributed by atoms with van der Waals surface area (Å²) in [5, 5.41) is 1.19. The van der Waals surface area contributed by atoms with Crippen LogP contribution in [0.3, 0.4) is 0 Å². The second-order valence-corrected chi connectivity index (χ2v) is 9.86. The van der Waals surface area contributed by atoms with Crippen LogP contribution in [0, 0.1) is 0 Å². The summed E-state index contributed by atoms with van der Waals surface area (Å²) in [5.74, 6) is 1.60. The predicted octanol–water partition coefficient (Wildman–Crippen LogP) is 4.77. The standard InChI is InChI=1S/C29H33N3O4/c33-29(11-9-22-8-10-27-28(19-22)36-21-35-27)32-13-4-3-5-23(32)12-14-30-15-17-31(18-16-30)25-20-34-26-7-2-1-6-24(25)26/h1-2,6-11,19-20,23H,3-5,12-18,21H2/b11-9+/t23-/m0/s1. The van der Waals surface area contributed by atoms with Gasteiger partial charge in [0.1, 0.15) is 11.8 Å². The number of nitrogens with zero attached hydrogens (tertiary/aromatic N) is 3. The molecule has 7 nitrogen and oxygen atoms in total. The molecule has 0 saturated carbocycles. The van der Waals surface area contributed by atoms with Crippen molar-refractivity contribution in [1.29, 1.82) is 0 Å². The van der Waals surface area contributed by atoms with Gasteiger partial charge in [-0.05, 0) is 61.6 Å². The smallest absolute Gasteiger partial charge is 0.246 e. The summed E-state index contributed by atoms with van der Waals surface area (Å²) in [7, 11) is 0. The fraction of sp³-hybridized carbons (Fsp3) is 0.414. The summed E-state index contributed by atoms with van der Waals surface area (Å²) < 4.78 is 16.6. The molecule has 6 rings (SSSR count). The van der Waals surface area contributed by atoms with Crippen LogP contribution in [0.5, 0.6) is 11.5 Å². The molecule has 0 N–H and O–H groups in total. The molecule has 3 aliphatic heterocycles. The zero-order valence-corrected chi connectivity index (χ0v) is 20.6. The summed E-state index contributed by atoms with van der Waals surface area (Å²) >= 11 is 0. The van der Waals surface area contributed by atoms with Crippen LogP contribution in [0.25, 0.3) is 17.0 Å². The molecular weight excluding hydrogens is 454 g/mol. The maximum Gasteiger partial charge on any atom is 0.246 e. The first kappa shape index (κ1) is 23.0. The molecule has 36 heavy (non-hydrogen) atoms. The van der Waals surface area contributed by atoms with E-state index in [2.05, 4.69) is 26.8 Å². The number of piperazine rings is 1. The van der Waals surface area contributed by atoms with Gasteiger partial charge in [0.05, 0.1) is 5.69 Å². The molecule has 1 amide bonds. The zero-order valence-electron chi connectivity index (χ0n) is 20.6. The summed E-state index contributed by atoms with van der Waals surface area (Å²) in [6.07, 6.45) is 9.88. The molecule has 2 fully saturated rings. The average molecular weight is 488 g/mol. The van der Waals surface area contributed by atoms with E-state index in [0.29, 0.717) is 6.04 Å². The Morgan fingerprint density at radius 1 is 0.972 bits per heavy atom. The van der Waals surface area contributed by atoms with Gasteiger partial charge in [0.2, 0.25) is 12.7 Å². The van der Waals surface area contributed by atoms with Crippen LogP contribution < -0.4 is 14.4 Å². The van der Waals surface area contributed by atoms with Crippen molar-refractivity contribution in [1.82, 2.24) is 9.80 Å². The minimum absolute atomic E-state index is 0.106. The highest BCUT2D eigenvalue weighted by Gasteiger charge is 2.27. The molecule has 2 saturated heterocycles. The number of carbonyl (C=O) groups is 1. The van der Waals surface area contributed by atoms with E-state index < -0.39 is 0 Å². The van der Waals surface area contributed by atoms with Crippen LogP contribution in [-0.4, -0.2) is 67.8 Å². The largest absolute Gasteiger partial charge is 0.462 e. The van der Waals surface area contributed by atoms with Crippen molar-refractivity contribution >= 4 is 28.6 Å². The number of hydrogen-bond acceptors (Lipinski definition) is 6. The van der Waals surface area contributed by atoms with Crippen LogP contribution in [0.15, 0.2) is 59.2 Å². The first-order chi connectivity index (χ1) is 17.7. The van der Waals surface area contributed by atoms with Gasteiger partial charge in [-0.2, -0.15) is 0 Å². The van der Waals surface area contributed by atoms with Gasteiger partial charge in [-0.15, -0.1) is 0 Å². The molecule has 0 radical (unpaired) electrons. The molecule has 2 aromatic carbocycles. The van der Waals surface area contributed by atoms with Crippen LogP contribution in [0.2, 0.25) is 0 Å². The Kier molecular flexibility index (Phi) is 6.55. The fourth-order valence-corrected chi connectivity index (χ4v) is 5.62. The molecule has 0 bridgehead atoms. The topological polar surface area (TPSA) is 58.4 Å². The molecule has 3 aliphatic rings. The molecule has 0 aliphatic carbocycles. The Bertz CT molecular complexity index is 1240. The van der Waals surface area contributed by atoms with Gasteiger partial charge in [-0.25, -0.2) is 0 Å². The monoisotopic (exact) mass is 487 g/mol. The quantitative estimate of drug-likeness (QED) is 0.467. The third-order valence-electron chi connectivity index (χ3n) is 7.68. The number of likely N-dealkylation sites (tertiary alicyclic amines) is 1. The van der Waals surface area contributed by atoms with E-state index in [1.165, 1.54) is 17.5 Å². The van der Waals surface area contributed by atoms with Crippen molar-refractivity contribution in [2.75, 3.05) is 51.0 Å². The number of anilines is 1. The van der Waals surface area contributed by atoms with E-state index in [-0.39, 0.29) is 12.7 Å². The second-order valence-electron chi connectivity index (χ2n) is 9.86. The number of para-hydroxylation sites is 1.